The number of hydrogen-bond donors (Lipinski definition) is 0. The Balaban J connectivity index is 3.53. The number of ether oxygens (including phenoxy) is 1. The van der Waals surface area contributed by atoms with Crippen molar-refractivity contribution in [2.75, 3.05) is 12.4 Å². The molecule has 0 saturated heterocycles. The Morgan fingerprint density at radius 3 is 2.75 bits per heavy atom. The van der Waals surface area contributed by atoms with E-state index in [4.69, 9.17) is 10.00 Å². The summed E-state index contributed by atoms with van der Waals surface area (Å²) in [5.41, 5.74) is 0. The first kappa shape index (κ1) is 11.3. The maximum absolute atomic E-state index is 10.8. The summed E-state index contributed by atoms with van der Waals surface area (Å²) in [4.78, 5) is 10.8. The quantitative estimate of drug-likeness (QED) is 0.613. The molecule has 0 N–H and O–H groups in total. The average Bonchev–Trinajstić information content (AvgIpc) is 2.07. The highest BCUT2D eigenvalue weighted by atomic mass is 32.2. The Morgan fingerprint density at radius 1 is 1.67 bits per heavy atom. The van der Waals surface area contributed by atoms with Gasteiger partial charge in [0.05, 0.1) is 23.7 Å². The Morgan fingerprint density at radius 2 is 2.33 bits per heavy atom. The van der Waals surface area contributed by atoms with Crippen LogP contribution in [0.15, 0.2) is 0 Å². The SMILES string of the molecule is CCOC(=O)CSC(C#N)CC. The first-order chi connectivity index (χ1) is 5.74. The van der Waals surface area contributed by atoms with E-state index in [1.54, 1.807) is 6.92 Å². The van der Waals surface area contributed by atoms with Crippen molar-refractivity contribution in [1.29, 1.82) is 5.26 Å². The van der Waals surface area contributed by atoms with E-state index in [0.717, 1.165) is 6.42 Å². The molecular weight excluding hydrogens is 174 g/mol. The highest BCUT2D eigenvalue weighted by molar-refractivity contribution is 8.00. The summed E-state index contributed by atoms with van der Waals surface area (Å²) >= 11 is 1.33. The second-order valence-electron chi connectivity index (χ2n) is 2.14. The molecule has 0 aromatic heterocycles. The van der Waals surface area contributed by atoms with Crippen LogP contribution < -0.4 is 0 Å². The van der Waals surface area contributed by atoms with Gasteiger partial charge >= 0.3 is 5.97 Å². The van der Waals surface area contributed by atoms with Gasteiger partial charge in [0.2, 0.25) is 0 Å². The number of carbonyl (C=O) groups is 1. The molecule has 0 saturated carbocycles. The Hall–Kier alpha value is -0.690. The molecular formula is C8H13NO2S. The number of rotatable bonds is 5. The standard InChI is InChI=1S/C8H13NO2S/c1-3-7(5-9)12-6-8(10)11-4-2/h7H,3-4,6H2,1-2H3. The smallest absolute Gasteiger partial charge is 0.315 e. The number of hydrogen-bond acceptors (Lipinski definition) is 4. The minimum absolute atomic E-state index is 0.0885. The van der Waals surface area contributed by atoms with Crippen molar-refractivity contribution in [2.45, 2.75) is 25.5 Å². The third-order valence-electron chi connectivity index (χ3n) is 1.22. The lowest BCUT2D eigenvalue weighted by Gasteiger charge is -2.04. The van der Waals surface area contributed by atoms with Crippen LogP contribution in [0.2, 0.25) is 0 Å². The second kappa shape index (κ2) is 6.99. The van der Waals surface area contributed by atoms with Crippen LogP contribution in [0.25, 0.3) is 0 Å². The lowest BCUT2D eigenvalue weighted by atomic mass is 10.4. The van der Waals surface area contributed by atoms with Crippen molar-refractivity contribution < 1.29 is 9.53 Å². The highest BCUT2D eigenvalue weighted by Crippen LogP contribution is 2.13. The van der Waals surface area contributed by atoms with Crippen LogP contribution in [0.4, 0.5) is 0 Å². The van der Waals surface area contributed by atoms with Gasteiger partial charge in [0.1, 0.15) is 0 Å². The lowest BCUT2D eigenvalue weighted by Crippen LogP contribution is -2.09. The molecule has 0 aromatic carbocycles. The minimum Gasteiger partial charge on any atom is -0.465 e. The van der Waals surface area contributed by atoms with Gasteiger partial charge in [-0.3, -0.25) is 4.79 Å². The van der Waals surface area contributed by atoms with Crippen molar-refractivity contribution in [3.8, 4) is 6.07 Å². The molecule has 0 aliphatic carbocycles. The fourth-order valence-corrected chi connectivity index (χ4v) is 1.35. The second-order valence-corrected chi connectivity index (χ2v) is 3.33. The predicted molar refractivity (Wildman–Crippen MR) is 48.8 cm³/mol. The molecule has 12 heavy (non-hydrogen) atoms. The Labute approximate surface area is 77.1 Å². The van der Waals surface area contributed by atoms with Gasteiger partial charge in [-0.25, -0.2) is 0 Å². The van der Waals surface area contributed by atoms with Crippen molar-refractivity contribution in [3.63, 3.8) is 0 Å². The number of nitriles is 1. The van der Waals surface area contributed by atoms with Crippen LogP contribution in [-0.4, -0.2) is 23.6 Å². The number of nitrogens with zero attached hydrogens (tertiary/aromatic N) is 1. The average molecular weight is 187 g/mol. The van der Waals surface area contributed by atoms with Crippen molar-refractivity contribution >= 4 is 17.7 Å². The molecule has 1 atom stereocenters. The molecule has 0 aliphatic rings. The van der Waals surface area contributed by atoms with Crippen LogP contribution >= 0.6 is 11.8 Å². The van der Waals surface area contributed by atoms with Crippen LogP contribution in [0.3, 0.4) is 0 Å². The number of thioether (sulfide) groups is 1. The van der Waals surface area contributed by atoms with Crippen molar-refractivity contribution in [3.05, 3.63) is 0 Å². The third-order valence-corrected chi connectivity index (χ3v) is 2.47. The van der Waals surface area contributed by atoms with Crippen LogP contribution in [-0.2, 0) is 9.53 Å². The number of carbonyl (C=O) groups excluding carboxylic acids is 1. The Bertz CT molecular complexity index is 176. The molecule has 0 amide bonds. The van der Waals surface area contributed by atoms with E-state index in [1.165, 1.54) is 11.8 Å². The van der Waals surface area contributed by atoms with Gasteiger partial charge < -0.3 is 4.74 Å². The molecule has 0 aliphatic heterocycles. The van der Waals surface area contributed by atoms with Gasteiger partial charge in [-0.05, 0) is 13.3 Å². The summed E-state index contributed by atoms with van der Waals surface area (Å²) < 4.78 is 4.71. The van der Waals surface area contributed by atoms with E-state index in [1.807, 2.05) is 6.92 Å². The molecule has 0 spiro atoms. The molecule has 68 valence electrons. The molecule has 4 heteroatoms. The van der Waals surface area contributed by atoms with E-state index >= 15 is 0 Å². The summed E-state index contributed by atoms with van der Waals surface area (Å²) in [6.07, 6.45) is 0.764. The van der Waals surface area contributed by atoms with Crippen LogP contribution in [0.1, 0.15) is 20.3 Å². The van der Waals surface area contributed by atoms with E-state index < -0.39 is 0 Å². The largest absolute Gasteiger partial charge is 0.465 e. The lowest BCUT2D eigenvalue weighted by molar-refractivity contribution is -0.139. The summed E-state index contributed by atoms with van der Waals surface area (Å²) in [6, 6.07) is 2.10. The fraction of sp³-hybridized carbons (Fsp3) is 0.750. The third kappa shape index (κ3) is 5.03. The summed E-state index contributed by atoms with van der Waals surface area (Å²) in [7, 11) is 0. The van der Waals surface area contributed by atoms with Crippen LogP contribution in [0.5, 0.6) is 0 Å². The van der Waals surface area contributed by atoms with E-state index in [2.05, 4.69) is 6.07 Å². The van der Waals surface area contributed by atoms with Gasteiger partial charge in [-0.1, -0.05) is 6.92 Å². The zero-order chi connectivity index (χ0) is 9.40. The molecule has 3 nitrogen and oxygen atoms in total. The van der Waals surface area contributed by atoms with E-state index in [9.17, 15) is 4.79 Å². The molecule has 0 aromatic rings. The van der Waals surface area contributed by atoms with Gasteiger partial charge in [0, 0.05) is 0 Å². The van der Waals surface area contributed by atoms with E-state index in [0.29, 0.717) is 6.61 Å². The topological polar surface area (TPSA) is 50.1 Å². The van der Waals surface area contributed by atoms with Crippen LogP contribution in [0, 0.1) is 11.3 Å². The van der Waals surface area contributed by atoms with Gasteiger partial charge in [-0.15, -0.1) is 11.8 Å². The highest BCUT2D eigenvalue weighted by Gasteiger charge is 2.08. The summed E-state index contributed by atoms with van der Waals surface area (Å²) in [5, 5.41) is 8.46. The summed E-state index contributed by atoms with van der Waals surface area (Å²) in [6.45, 7) is 4.10. The maximum atomic E-state index is 10.8. The molecule has 0 radical (unpaired) electrons. The van der Waals surface area contributed by atoms with E-state index in [-0.39, 0.29) is 17.0 Å². The minimum atomic E-state index is -0.240. The Kier molecular flexibility index (Phi) is 6.58. The normalized spacial score (nSPS) is 11.8. The van der Waals surface area contributed by atoms with Gasteiger partial charge in [-0.2, -0.15) is 5.26 Å². The van der Waals surface area contributed by atoms with Crippen molar-refractivity contribution in [2.24, 2.45) is 0 Å². The molecule has 1 unspecified atom stereocenters. The summed E-state index contributed by atoms with van der Waals surface area (Å²) in [5.74, 6) is 0.0381. The van der Waals surface area contributed by atoms with Gasteiger partial charge in [0.25, 0.3) is 0 Å². The van der Waals surface area contributed by atoms with Gasteiger partial charge in [0.15, 0.2) is 0 Å². The first-order valence-electron chi connectivity index (χ1n) is 3.91. The molecule has 0 bridgehead atoms. The fourth-order valence-electron chi connectivity index (χ4n) is 0.618. The maximum Gasteiger partial charge on any atom is 0.315 e. The zero-order valence-corrected chi connectivity index (χ0v) is 8.19. The predicted octanol–water partition coefficient (Wildman–Crippen LogP) is 1.58. The zero-order valence-electron chi connectivity index (χ0n) is 7.37. The molecule has 0 heterocycles. The molecule has 0 fully saturated rings. The number of esters is 1. The van der Waals surface area contributed by atoms with Crippen molar-refractivity contribution in [1.82, 2.24) is 0 Å². The molecule has 0 rings (SSSR count). The monoisotopic (exact) mass is 187 g/mol. The first-order valence-corrected chi connectivity index (χ1v) is 4.96.